The second-order valence-electron chi connectivity index (χ2n) is 5.03. The number of nitrogens with zero attached hydrogens (tertiary/aromatic N) is 1. The van der Waals surface area contributed by atoms with Crippen LogP contribution in [0.4, 0.5) is 5.69 Å². The molecule has 7 heteroatoms. The molecule has 0 saturated heterocycles. The topological polar surface area (TPSA) is 70.6 Å². The van der Waals surface area contributed by atoms with E-state index in [1.807, 2.05) is 12.1 Å². The van der Waals surface area contributed by atoms with Gasteiger partial charge in [0.25, 0.3) is 5.91 Å². The normalized spacial score (nSPS) is 11.0. The summed E-state index contributed by atoms with van der Waals surface area (Å²) in [5, 5.41) is 7.24. The number of hydrogen-bond donors (Lipinski definition) is 2. The van der Waals surface area contributed by atoms with Crippen LogP contribution < -0.4 is 10.7 Å². The van der Waals surface area contributed by atoms with Gasteiger partial charge in [-0.1, -0.05) is 27.5 Å². The van der Waals surface area contributed by atoms with Crippen molar-refractivity contribution in [1.29, 1.82) is 0 Å². The van der Waals surface area contributed by atoms with Crippen LogP contribution in [0.15, 0.2) is 58.1 Å². The van der Waals surface area contributed by atoms with E-state index in [0.29, 0.717) is 22.0 Å². The van der Waals surface area contributed by atoms with E-state index in [1.54, 1.807) is 43.3 Å². The molecule has 0 unspecified atom stereocenters. The lowest BCUT2D eigenvalue weighted by molar-refractivity contribution is -0.115. The van der Waals surface area contributed by atoms with Crippen LogP contribution in [-0.2, 0) is 4.79 Å². The molecule has 0 saturated carbocycles. The second kappa shape index (κ2) is 8.61. The molecule has 2 rings (SSSR count). The van der Waals surface area contributed by atoms with Gasteiger partial charge in [-0.05, 0) is 55.5 Å². The van der Waals surface area contributed by atoms with Gasteiger partial charge in [0.1, 0.15) is 0 Å². The largest absolute Gasteiger partial charge is 0.326 e. The van der Waals surface area contributed by atoms with Gasteiger partial charge in [0.2, 0.25) is 5.91 Å². The third-order valence-electron chi connectivity index (χ3n) is 3.00. The molecule has 2 amide bonds. The van der Waals surface area contributed by atoms with Crippen LogP contribution in [0.25, 0.3) is 0 Å². The Labute approximate surface area is 153 Å². The van der Waals surface area contributed by atoms with Crippen molar-refractivity contribution in [2.24, 2.45) is 5.10 Å². The second-order valence-corrected chi connectivity index (χ2v) is 6.38. The van der Waals surface area contributed by atoms with Crippen LogP contribution in [0, 0.1) is 0 Å². The van der Waals surface area contributed by atoms with E-state index < -0.39 is 0 Å². The number of carbonyl (C=O) groups excluding carboxylic acids is 2. The molecule has 124 valence electrons. The summed E-state index contributed by atoms with van der Waals surface area (Å²) >= 11 is 9.10. The number of halogens is 2. The van der Waals surface area contributed by atoms with Crippen molar-refractivity contribution in [3.05, 3.63) is 63.6 Å². The molecule has 0 aliphatic carbocycles. The summed E-state index contributed by atoms with van der Waals surface area (Å²) in [6, 6.07) is 13.7. The molecule has 0 fully saturated rings. The number of hydrogen-bond acceptors (Lipinski definition) is 3. The Bertz CT molecular complexity index is 758. The molecule has 0 aliphatic rings. The van der Waals surface area contributed by atoms with E-state index in [-0.39, 0.29) is 18.2 Å². The van der Waals surface area contributed by atoms with E-state index in [0.717, 1.165) is 4.47 Å². The molecule has 0 heterocycles. The Kier molecular flexibility index (Phi) is 6.52. The SMILES string of the molecule is C/C(CC(=O)Nc1ccc(Br)cc1)=N/NC(=O)c1ccc(Cl)cc1. The Morgan fingerprint density at radius 3 is 2.33 bits per heavy atom. The zero-order chi connectivity index (χ0) is 17.5. The first kappa shape index (κ1) is 18.2. The third kappa shape index (κ3) is 5.79. The van der Waals surface area contributed by atoms with Crippen molar-refractivity contribution >= 4 is 50.7 Å². The van der Waals surface area contributed by atoms with Gasteiger partial charge in [-0.15, -0.1) is 0 Å². The molecule has 0 radical (unpaired) electrons. The summed E-state index contributed by atoms with van der Waals surface area (Å²) in [5.41, 5.74) is 4.04. The van der Waals surface area contributed by atoms with E-state index >= 15 is 0 Å². The van der Waals surface area contributed by atoms with Gasteiger partial charge in [0, 0.05) is 26.5 Å². The van der Waals surface area contributed by atoms with Gasteiger partial charge in [-0.2, -0.15) is 5.10 Å². The van der Waals surface area contributed by atoms with Gasteiger partial charge < -0.3 is 5.32 Å². The summed E-state index contributed by atoms with van der Waals surface area (Å²) in [4.78, 5) is 23.8. The molecule has 2 aromatic rings. The van der Waals surface area contributed by atoms with E-state index in [2.05, 4.69) is 31.8 Å². The summed E-state index contributed by atoms with van der Waals surface area (Å²) in [6.07, 6.45) is 0.0803. The Balaban J connectivity index is 1.86. The number of carbonyl (C=O) groups is 2. The van der Waals surface area contributed by atoms with E-state index in [1.165, 1.54) is 0 Å². The van der Waals surface area contributed by atoms with Crippen LogP contribution in [-0.4, -0.2) is 17.5 Å². The molecular formula is C17H15BrClN3O2. The standard InChI is InChI=1S/C17H15BrClN3O2/c1-11(10-16(23)20-15-8-4-13(18)5-9-15)21-22-17(24)12-2-6-14(19)7-3-12/h2-9H,10H2,1H3,(H,20,23)(H,22,24)/b21-11-. The van der Waals surface area contributed by atoms with Gasteiger partial charge in [0.05, 0.1) is 6.42 Å². The monoisotopic (exact) mass is 407 g/mol. The van der Waals surface area contributed by atoms with Crippen LogP contribution in [0.2, 0.25) is 5.02 Å². The molecule has 0 aliphatic heterocycles. The summed E-state index contributed by atoms with van der Waals surface area (Å²) in [6.45, 7) is 1.67. The van der Waals surface area contributed by atoms with Crippen molar-refractivity contribution in [2.75, 3.05) is 5.32 Å². The third-order valence-corrected chi connectivity index (χ3v) is 3.78. The average Bonchev–Trinajstić information content (AvgIpc) is 2.55. The summed E-state index contributed by atoms with van der Waals surface area (Å²) in [5.74, 6) is -0.571. The fraction of sp³-hybridized carbons (Fsp3) is 0.118. The highest BCUT2D eigenvalue weighted by Gasteiger charge is 2.07. The number of nitrogens with one attached hydrogen (secondary N) is 2. The van der Waals surface area contributed by atoms with Crippen molar-refractivity contribution in [3.8, 4) is 0 Å². The molecule has 0 spiro atoms. The smallest absolute Gasteiger partial charge is 0.271 e. The zero-order valence-corrected chi connectivity index (χ0v) is 15.2. The first-order valence-corrected chi connectivity index (χ1v) is 8.25. The number of anilines is 1. The van der Waals surface area contributed by atoms with Gasteiger partial charge >= 0.3 is 0 Å². The molecule has 24 heavy (non-hydrogen) atoms. The van der Waals surface area contributed by atoms with Crippen LogP contribution in [0.5, 0.6) is 0 Å². The maximum absolute atomic E-state index is 11.9. The highest BCUT2D eigenvalue weighted by Crippen LogP contribution is 2.14. The van der Waals surface area contributed by atoms with Gasteiger partial charge in [0.15, 0.2) is 0 Å². The zero-order valence-electron chi connectivity index (χ0n) is 12.8. The van der Waals surface area contributed by atoms with Crippen molar-refractivity contribution < 1.29 is 9.59 Å². The minimum atomic E-state index is -0.362. The van der Waals surface area contributed by atoms with Crippen LogP contribution in [0.3, 0.4) is 0 Å². The lowest BCUT2D eigenvalue weighted by Gasteiger charge is -2.06. The first-order chi connectivity index (χ1) is 11.4. The van der Waals surface area contributed by atoms with Crippen molar-refractivity contribution in [3.63, 3.8) is 0 Å². The van der Waals surface area contributed by atoms with Crippen LogP contribution in [0.1, 0.15) is 23.7 Å². The minimum absolute atomic E-state index is 0.0803. The Hall–Kier alpha value is -2.18. The van der Waals surface area contributed by atoms with Gasteiger partial charge in [-0.3, -0.25) is 9.59 Å². The molecule has 5 nitrogen and oxygen atoms in total. The Morgan fingerprint density at radius 2 is 1.71 bits per heavy atom. The van der Waals surface area contributed by atoms with Crippen molar-refractivity contribution in [2.45, 2.75) is 13.3 Å². The first-order valence-electron chi connectivity index (χ1n) is 7.08. The summed E-state index contributed by atoms with van der Waals surface area (Å²) < 4.78 is 0.933. The van der Waals surface area contributed by atoms with Gasteiger partial charge in [-0.25, -0.2) is 5.43 Å². The number of hydrazone groups is 1. The summed E-state index contributed by atoms with van der Waals surface area (Å²) in [7, 11) is 0. The number of benzene rings is 2. The maximum atomic E-state index is 11.9. The lowest BCUT2D eigenvalue weighted by Crippen LogP contribution is -2.21. The quantitative estimate of drug-likeness (QED) is 0.574. The highest BCUT2D eigenvalue weighted by atomic mass is 79.9. The average molecular weight is 409 g/mol. The predicted octanol–water partition coefficient (Wildman–Crippen LogP) is 4.24. The highest BCUT2D eigenvalue weighted by molar-refractivity contribution is 9.10. The minimum Gasteiger partial charge on any atom is -0.326 e. The maximum Gasteiger partial charge on any atom is 0.271 e. The molecule has 2 aromatic carbocycles. The van der Waals surface area contributed by atoms with Crippen LogP contribution >= 0.6 is 27.5 Å². The molecular weight excluding hydrogens is 394 g/mol. The fourth-order valence-corrected chi connectivity index (χ4v) is 2.21. The predicted molar refractivity (Wildman–Crippen MR) is 99.4 cm³/mol. The molecule has 0 bridgehead atoms. The van der Waals surface area contributed by atoms with E-state index in [9.17, 15) is 9.59 Å². The number of rotatable bonds is 5. The lowest BCUT2D eigenvalue weighted by atomic mass is 10.2. The molecule has 2 N–H and O–H groups in total. The van der Waals surface area contributed by atoms with Crippen molar-refractivity contribution in [1.82, 2.24) is 5.43 Å². The van der Waals surface area contributed by atoms with E-state index in [4.69, 9.17) is 11.6 Å². The molecule has 0 atom stereocenters. The Morgan fingerprint density at radius 1 is 1.08 bits per heavy atom. The number of amides is 2. The fourth-order valence-electron chi connectivity index (χ4n) is 1.82. The molecule has 0 aromatic heterocycles.